The highest BCUT2D eigenvalue weighted by atomic mass is 16.5. The number of ketones is 1. The summed E-state index contributed by atoms with van der Waals surface area (Å²) >= 11 is 0. The number of rotatable bonds is 8. The second-order valence-electron chi connectivity index (χ2n) is 6.43. The molecule has 0 fully saturated rings. The van der Waals surface area contributed by atoms with E-state index in [0.717, 1.165) is 12.8 Å². The normalized spacial score (nSPS) is 10.3. The molecule has 0 bridgehead atoms. The van der Waals surface area contributed by atoms with Gasteiger partial charge in [-0.3, -0.25) is 9.59 Å². The number of ether oxygens (including phenoxy) is 1. The second-order valence-corrected chi connectivity index (χ2v) is 6.43. The molecule has 0 heterocycles. The highest BCUT2D eigenvalue weighted by Gasteiger charge is 2.14. The molecule has 3 rings (SSSR count). The van der Waals surface area contributed by atoms with E-state index in [0.29, 0.717) is 34.7 Å². The molecular weight excluding hydrogens is 350 g/mol. The number of benzene rings is 3. The predicted molar refractivity (Wildman–Crippen MR) is 111 cm³/mol. The molecule has 4 heteroatoms. The second kappa shape index (κ2) is 9.51. The molecule has 1 N–H and O–H groups in total. The first kappa shape index (κ1) is 19.4. The summed E-state index contributed by atoms with van der Waals surface area (Å²) in [6.07, 6.45) is 1.95. The lowest BCUT2D eigenvalue weighted by Gasteiger charge is -2.12. The molecule has 0 aliphatic heterocycles. The van der Waals surface area contributed by atoms with E-state index < -0.39 is 0 Å². The number of para-hydroxylation sites is 1. The van der Waals surface area contributed by atoms with Gasteiger partial charge in [0.15, 0.2) is 5.78 Å². The van der Waals surface area contributed by atoms with Crippen LogP contribution in [0, 0.1) is 0 Å². The van der Waals surface area contributed by atoms with Crippen LogP contribution in [0.4, 0.5) is 5.69 Å². The lowest BCUT2D eigenvalue weighted by atomic mass is 10.0. The number of carbonyl (C=O) groups excluding carboxylic acids is 2. The predicted octanol–water partition coefficient (Wildman–Crippen LogP) is 5.35. The topological polar surface area (TPSA) is 55.4 Å². The molecule has 3 aromatic rings. The van der Waals surface area contributed by atoms with Crippen molar-refractivity contribution in [2.24, 2.45) is 0 Å². The SMILES string of the molecule is CCCCOc1ccccc1C(=O)Nc1cccc(C(=O)c2ccccc2)c1. The molecule has 0 saturated carbocycles. The van der Waals surface area contributed by atoms with Crippen LogP contribution in [0.5, 0.6) is 5.75 Å². The third-order valence-corrected chi connectivity index (χ3v) is 4.31. The van der Waals surface area contributed by atoms with Crippen LogP contribution in [0.1, 0.15) is 46.0 Å². The maximum Gasteiger partial charge on any atom is 0.259 e. The van der Waals surface area contributed by atoms with Gasteiger partial charge in [-0.05, 0) is 30.7 Å². The lowest BCUT2D eigenvalue weighted by molar-refractivity contribution is 0.101. The average Bonchev–Trinajstić information content (AvgIpc) is 2.74. The largest absolute Gasteiger partial charge is 0.493 e. The smallest absolute Gasteiger partial charge is 0.259 e. The third kappa shape index (κ3) is 4.86. The molecule has 142 valence electrons. The Balaban J connectivity index is 1.76. The Morgan fingerprint density at radius 2 is 1.57 bits per heavy atom. The van der Waals surface area contributed by atoms with Crippen LogP contribution in [0.15, 0.2) is 78.9 Å². The highest BCUT2D eigenvalue weighted by Crippen LogP contribution is 2.21. The summed E-state index contributed by atoms with van der Waals surface area (Å²) in [5, 5.41) is 2.86. The number of carbonyl (C=O) groups is 2. The number of anilines is 1. The Kier molecular flexibility index (Phi) is 6.58. The molecule has 0 atom stereocenters. The van der Waals surface area contributed by atoms with Gasteiger partial charge >= 0.3 is 0 Å². The summed E-state index contributed by atoms with van der Waals surface area (Å²) in [5.74, 6) is 0.210. The number of unbranched alkanes of at least 4 members (excludes halogenated alkanes) is 1. The van der Waals surface area contributed by atoms with E-state index in [4.69, 9.17) is 4.74 Å². The molecule has 0 unspecified atom stereocenters. The minimum atomic E-state index is -0.267. The zero-order chi connectivity index (χ0) is 19.8. The fourth-order valence-corrected chi connectivity index (χ4v) is 2.80. The van der Waals surface area contributed by atoms with Crippen molar-refractivity contribution in [3.05, 3.63) is 95.6 Å². The summed E-state index contributed by atoms with van der Waals surface area (Å²) in [7, 11) is 0. The van der Waals surface area contributed by atoms with Crippen molar-refractivity contribution >= 4 is 17.4 Å². The molecule has 1 amide bonds. The first-order valence-electron chi connectivity index (χ1n) is 9.42. The molecule has 0 spiro atoms. The zero-order valence-electron chi connectivity index (χ0n) is 15.9. The molecule has 4 nitrogen and oxygen atoms in total. The summed E-state index contributed by atoms with van der Waals surface area (Å²) in [6, 6.07) is 23.2. The Hall–Kier alpha value is -3.40. The number of hydrogen-bond donors (Lipinski definition) is 1. The number of hydrogen-bond acceptors (Lipinski definition) is 3. The standard InChI is InChI=1S/C24H23NO3/c1-2-3-16-28-22-15-8-7-14-21(22)24(27)25-20-13-9-12-19(17-20)23(26)18-10-5-4-6-11-18/h4-15,17H,2-3,16H2,1H3,(H,25,27). The van der Waals surface area contributed by atoms with Gasteiger partial charge in [0.25, 0.3) is 5.91 Å². The van der Waals surface area contributed by atoms with Crippen LogP contribution in [-0.4, -0.2) is 18.3 Å². The Morgan fingerprint density at radius 1 is 0.857 bits per heavy atom. The molecular formula is C24H23NO3. The van der Waals surface area contributed by atoms with Crippen molar-refractivity contribution < 1.29 is 14.3 Å². The van der Waals surface area contributed by atoms with E-state index in [2.05, 4.69) is 12.2 Å². The van der Waals surface area contributed by atoms with Gasteiger partial charge in [-0.1, -0.05) is 67.9 Å². The summed E-state index contributed by atoms with van der Waals surface area (Å²) in [4.78, 5) is 25.4. The minimum absolute atomic E-state index is 0.0833. The van der Waals surface area contributed by atoms with Crippen LogP contribution >= 0.6 is 0 Å². The van der Waals surface area contributed by atoms with Gasteiger partial charge in [0.2, 0.25) is 0 Å². The molecule has 3 aromatic carbocycles. The molecule has 28 heavy (non-hydrogen) atoms. The van der Waals surface area contributed by atoms with Gasteiger partial charge in [-0.25, -0.2) is 0 Å². The number of nitrogens with one attached hydrogen (secondary N) is 1. The lowest BCUT2D eigenvalue weighted by Crippen LogP contribution is -2.14. The molecule has 0 aromatic heterocycles. The minimum Gasteiger partial charge on any atom is -0.493 e. The van der Waals surface area contributed by atoms with Crippen LogP contribution in [-0.2, 0) is 0 Å². The maximum absolute atomic E-state index is 12.7. The Bertz CT molecular complexity index is 951. The molecule has 0 aliphatic carbocycles. The van der Waals surface area contributed by atoms with Crippen LogP contribution in [0.3, 0.4) is 0 Å². The summed E-state index contributed by atoms with van der Waals surface area (Å²) in [6.45, 7) is 2.66. The van der Waals surface area contributed by atoms with E-state index in [1.165, 1.54) is 0 Å². The van der Waals surface area contributed by atoms with Gasteiger partial charge in [0, 0.05) is 16.8 Å². The van der Waals surface area contributed by atoms with Crippen molar-refractivity contribution in [3.8, 4) is 5.75 Å². The van der Waals surface area contributed by atoms with Crippen molar-refractivity contribution in [3.63, 3.8) is 0 Å². The summed E-state index contributed by atoms with van der Waals surface area (Å²) < 4.78 is 5.74. The van der Waals surface area contributed by atoms with Gasteiger partial charge in [0.05, 0.1) is 12.2 Å². The van der Waals surface area contributed by atoms with Crippen LogP contribution in [0.25, 0.3) is 0 Å². The Labute approximate surface area is 165 Å². The summed E-state index contributed by atoms with van der Waals surface area (Å²) in [5.41, 5.74) is 2.17. The van der Waals surface area contributed by atoms with Crippen molar-refractivity contribution in [2.45, 2.75) is 19.8 Å². The van der Waals surface area contributed by atoms with Crippen LogP contribution < -0.4 is 10.1 Å². The maximum atomic E-state index is 12.7. The van der Waals surface area contributed by atoms with E-state index in [1.54, 1.807) is 54.6 Å². The zero-order valence-corrected chi connectivity index (χ0v) is 15.9. The van der Waals surface area contributed by atoms with E-state index in [9.17, 15) is 9.59 Å². The van der Waals surface area contributed by atoms with E-state index >= 15 is 0 Å². The quantitative estimate of drug-likeness (QED) is 0.428. The van der Waals surface area contributed by atoms with Crippen LogP contribution in [0.2, 0.25) is 0 Å². The van der Waals surface area contributed by atoms with Gasteiger partial charge in [0.1, 0.15) is 5.75 Å². The number of amides is 1. The third-order valence-electron chi connectivity index (χ3n) is 4.31. The highest BCUT2D eigenvalue weighted by molar-refractivity contribution is 6.10. The van der Waals surface area contributed by atoms with Gasteiger partial charge < -0.3 is 10.1 Å². The molecule has 0 saturated heterocycles. The van der Waals surface area contributed by atoms with Crippen molar-refractivity contribution in [1.82, 2.24) is 0 Å². The fraction of sp³-hybridized carbons (Fsp3) is 0.167. The first-order valence-corrected chi connectivity index (χ1v) is 9.42. The van der Waals surface area contributed by atoms with Gasteiger partial charge in [-0.15, -0.1) is 0 Å². The van der Waals surface area contributed by atoms with E-state index in [-0.39, 0.29) is 11.7 Å². The Morgan fingerprint density at radius 3 is 2.36 bits per heavy atom. The molecule has 0 aliphatic rings. The molecule has 0 radical (unpaired) electrons. The monoisotopic (exact) mass is 373 g/mol. The van der Waals surface area contributed by atoms with Crippen molar-refractivity contribution in [1.29, 1.82) is 0 Å². The average molecular weight is 373 g/mol. The van der Waals surface area contributed by atoms with Gasteiger partial charge in [-0.2, -0.15) is 0 Å². The van der Waals surface area contributed by atoms with E-state index in [1.807, 2.05) is 24.3 Å². The fourth-order valence-electron chi connectivity index (χ4n) is 2.80. The van der Waals surface area contributed by atoms with Crippen molar-refractivity contribution in [2.75, 3.05) is 11.9 Å². The first-order chi connectivity index (χ1) is 13.7.